The van der Waals surface area contributed by atoms with Gasteiger partial charge in [0.1, 0.15) is 17.3 Å². The van der Waals surface area contributed by atoms with Crippen LogP contribution in [0.4, 0.5) is 14.5 Å². The van der Waals surface area contributed by atoms with Crippen LogP contribution in [0.1, 0.15) is 26.3 Å². The van der Waals surface area contributed by atoms with Crippen molar-refractivity contribution in [3.8, 4) is 0 Å². The van der Waals surface area contributed by atoms with E-state index in [9.17, 15) is 8.78 Å². The van der Waals surface area contributed by atoms with Gasteiger partial charge in [0.25, 0.3) is 0 Å². The Morgan fingerprint density at radius 1 is 1.12 bits per heavy atom. The van der Waals surface area contributed by atoms with E-state index in [0.717, 1.165) is 0 Å². The van der Waals surface area contributed by atoms with Crippen molar-refractivity contribution in [3.63, 3.8) is 0 Å². The first kappa shape index (κ1) is 13.9. The minimum atomic E-state index is -0.527. The highest BCUT2D eigenvalue weighted by Gasteiger charge is 2.14. The fraction of sp³-hybridized carbons (Fsp3) is 0.538. The van der Waals surface area contributed by atoms with Gasteiger partial charge in [0.15, 0.2) is 0 Å². The summed E-state index contributed by atoms with van der Waals surface area (Å²) < 4.78 is 27.3. The zero-order valence-electron chi connectivity index (χ0n) is 11.1. The van der Waals surface area contributed by atoms with Crippen LogP contribution in [0.25, 0.3) is 0 Å². The van der Waals surface area contributed by atoms with E-state index in [4.69, 9.17) is 0 Å². The topological polar surface area (TPSA) is 15.3 Å². The van der Waals surface area contributed by atoms with Gasteiger partial charge in [-0.25, -0.2) is 8.78 Å². The molecule has 0 bridgehead atoms. The SMILES string of the molecule is CN(C)c1c(F)cc(CNC(C)(C)C)cc1F. The van der Waals surface area contributed by atoms with E-state index >= 15 is 0 Å². The quantitative estimate of drug-likeness (QED) is 0.876. The van der Waals surface area contributed by atoms with Crippen LogP contribution in [-0.4, -0.2) is 19.6 Å². The van der Waals surface area contributed by atoms with Crippen molar-refractivity contribution in [1.29, 1.82) is 0 Å². The third-order valence-electron chi connectivity index (χ3n) is 2.35. The number of hydrogen-bond acceptors (Lipinski definition) is 2. The first-order valence-electron chi connectivity index (χ1n) is 5.61. The minimum Gasteiger partial charge on any atom is -0.373 e. The molecule has 96 valence electrons. The highest BCUT2D eigenvalue weighted by Crippen LogP contribution is 2.23. The predicted octanol–water partition coefficient (Wildman–Crippen LogP) is 2.92. The summed E-state index contributed by atoms with van der Waals surface area (Å²) in [5.41, 5.74) is 0.540. The molecule has 1 aromatic carbocycles. The molecule has 0 aliphatic carbocycles. The monoisotopic (exact) mass is 242 g/mol. The number of halogens is 2. The van der Waals surface area contributed by atoms with Gasteiger partial charge in [0.05, 0.1) is 0 Å². The molecule has 0 saturated heterocycles. The van der Waals surface area contributed by atoms with Crippen molar-refractivity contribution < 1.29 is 8.78 Å². The van der Waals surface area contributed by atoms with Crippen LogP contribution < -0.4 is 10.2 Å². The van der Waals surface area contributed by atoms with Gasteiger partial charge >= 0.3 is 0 Å². The van der Waals surface area contributed by atoms with Gasteiger partial charge in [0, 0.05) is 26.2 Å². The molecule has 0 atom stereocenters. The van der Waals surface area contributed by atoms with Gasteiger partial charge < -0.3 is 10.2 Å². The lowest BCUT2D eigenvalue weighted by molar-refractivity contribution is 0.422. The number of rotatable bonds is 3. The average Bonchev–Trinajstić information content (AvgIpc) is 2.11. The summed E-state index contributed by atoms with van der Waals surface area (Å²) in [5.74, 6) is -1.05. The first-order chi connectivity index (χ1) is 7.70. The zero-order chi connectivity index (χ0) is 13.2. The predicted molar refractivity (Wildman–Crippen MR) is 67.3 cm³/mol. The Kier molecular flexibility index (Phi) is 4.09. The van der Waals surface area contributed by atoms with Crippen LogP contribution in [-0.2, 0) is 6.54 Å². The van der Waals surface area contributed by atoms with Crippen molar-refractivity contribution in [2.75, 3.05) is 19.0 Å². The summed E-state index contributed by atoms with van der Waals surface area (Å²) in [4.78, 5) is 1.44. The van der Waals surface area contributed by atoms with E-state index in [-0.39, 0.29) is 11.2 Å². The molecule has 0 spiro atoms. The molecule has 4 heteroatoms. The van der Waals surface area contributed by atoms with Gasteiger partial charge in [-0.15, -0.1) is 0 Å². The average molecular weight is 242 g/mol. The minimum absolute atomic E-state index is 0.00417. The van der Waals surface area contributed by atoms with Gasteiger partial charge in [-0.3, -0.25) is 0 Å². The summed E-state index contributed by atoms with van der Waals surface area (Å²) >= 11 is 0. The van der Waals surface area contributed by atoms with Crippen LogP contribution in [0.5, 0.6) is 0 Å². The normalized spacial score (nSPS) is 11.7. The standard InChI is InChI=1S/C13H20F2N2/c1-13(2,3)16-8-9-6-10(14)12(17(4)5)11(15)7-9/h6-7,16H,8H2,1-5H3. The highest BCUT2D eigenvalue weighted by molar-refractivity contribution is 5.49. The summed E-state index contributed by atoms with van der Waals surface area (Å²) in [6, 6.07) is 2.74. The van der Waals surface area contributed by atoms with E-state index in [1.807, 2.05) is 20.8 Å². The molecular weight excluding hydrogens is 222 g/mol. The molecule has 1 N–H and O–H groups in total. The van der Waals surface area contributed by atoms with Crippen molar-refractivity contribution >= 4 is 5.69 Å². The second-order valence-electron chi connectivity index (χ2n) is 5.41. The third-order valence-corrected chi connectivity index (χ3v) is 2.35. The van der Waals surface area contributed by atoms with E-state index < -0.39 is 11.6 Å². The summed E-state index contributed by atoms with van der Waals surface area (Å²) in [5, 5.41) is 3.19. The largest absolute Gasteiger partial charge is 0.373 e. The molecule has 0 aliphatic heterocycles. The Morgan fingerprint density at radius 2 is 1.59 bits per heavy atom. The molecule has 2 nitrogen and oxygen atoms in total. The summed E-state index contributed by atoms with van der Waals surface area (Å²) in [6.45, 7) is 6.47. The number of nitrogens with zero attached hydrogens (tertiary/aromatic N) is 1. The fourth-order valence-electron chi connectivity index (χ4n) is 1.51. The number of nitrogens with one attached hydrogen (secondary N) is 1. The van der Waals surface area contributed by atoms with Gasteiger partial charge in [-0.1, -0.05) is 0 Å². The van der Waals surface area contributed by atoms with Crippen LogP contribution in [0.2, 0.25) is 0 Å². The van der Waals surface area contributed by atoms with Gasteiger partial charge in [-0.05, 0) is 38.5 Å². The van der Waals surface area contributed by atoms with Crippen LogP contribution in [0.3, 0.4) is 0 Å². The van der Waals surface area contributed by atoms with Crippen LogP contribution in [0, 0.1) is 11.6 Å². The molecule has 0 aromatic heterocycles. The molecule has 0 heterocycles. The van der Waals surface area contributed by atoms with E-state index in [0.29, 0.717) is 12.1 Å². The number of benzene rings is 1. The maximum absolute atomic E-state index is 13.7. The van der Waals surface area contributed by atoms with E-state index in [1.54, 1.807) is 14.1 Å². The molecule has 1 rings (SSSR count). The fourth-order valence-corrected chi connectivity index (χ4v) is 1.51. The lowest BCUT2D eigenvalue weighted by atomic mass is 10.1. The second kappa shape index (κ2) is 5.00. The molecule has 0 saturated carbocycles. The third kappa shape index (κ3) is 3.97. The van der Waals surface area contributed by atoms with E-state index in [1.165, 1.54) is 17.0 Å². The molecule has 0 unspecified atom stereocenters. The van der Waals surface area contributed by atoms with Crippen molar-refractivity contribution in [2.24, 2.45) is 0 Å². The maximum Gasteiger partial charge on any atom is 0.149 e. The Labute approximate surface area is 102 Å². The molecule has 0 aliphatic rings. The molecule has 0 radical (unpaired) electrons. The summed E-state index contributed by atoms with van der Waals surface area (Å²) in [6.07, 6.45) is 0. The van der Waals surface area contributed by atoms with Crippen molar-refractivity contribution in [2.45, 2.75) is 32.9 Å². The Hall–Kier alpha value is -1.16. The lowest BCUT2D eigenvalue weighted by Crippen LogP contribution is -2.35. The summed E-state index contributed by atoms with van der Waals surface area (Å²) in [7, 11) is 3.24. The van der Waals surface area contributed by atoms with Gasteiger partial charge in [0.2, 0.25) is 0 Å². The van der Waals surface area contributed by atoms with Gasteiger partial charge in [-0.2, -0.15) is 0 Å². The highest BCUT2D eigenvalue weighted by atomic mass is 19.1. The van der Waals surface area contributed by atoms with Crippen LogP contribution in [0.15, 0.2) is 12.1 Å². The van der Waals surface area contributed by atoms with Crippen molar-refractivity contribution in [3.05, 3.63) is 29.3 Å². The number of hydrogen-bond donors (Lipinski definition) is 1. The van der Waals surface area contributed by atoms with E-state index in [2.05, 4.69) is 5.32 Å². The molecule has 0 fully saturated rings. The molecule has 1 aromatic rings. The Morgan fingerprint density at radius 3 is 1.94 bits per heavy atom. The van der Waals surface area contributed by atoms with Crippen molar-refractivity contribution in [1.82, 2.24) is 5.32 Å². The molecule has 17 heavy (non-hydrogen) atoms. The Balaban J connectivity index is 2.91. The first-order valence-corrected chi connectivity index (χ1v) is 5.61. The molecule has 0 amide bonds. The number of anilines is 1. The molecular formula is C13H20F2N2. The maximum atomic E-state index is 13.7. The lowest BCUT2D eigenvalue weighted by Gasteiger charge is -2.21. The zero-order valence-corrected chi connectivity index (χ0v) is 11.1. The Bertz CT molecular complexity index is 372. The second-order valence-corrected chi connectivity index (χ2v) is 5.41. The smallest absolute Gasteiger partial charge is 0.149 e. The van der Waals surface area contributed by atoms with Crippen LogP contribution >= 0.6 is 0 Å².